The first-order valence-electron chi connectivity index (χ1n) is 8.20. The standard InChI is InChI=1S/C17H23N3O4/c1-10(2)24-14-12(15(21)22)7-20-8-13(18-16(20)19-14)17(4)6-5-11(3)23-9-17/h7-8,10-11H,5-6,9H2,1-4H3,(H,21,22)/t11?,17-/m0/s1. The lowest BCUT2D eigenvalue weighted by Gasteiger charge is -2.34. The van der Waals surface area contributed by atoms with Crippen LogP contribution in [-0.2, 0) is 10.2 Å². The van der Waals surface area contributed by atoms with Crippen LogP contribution in [0.2, 0.25) is 0 Å². The van der Waals surface area contributed by atoms with Crippen molar-refractivity contribution in [3.8, 4) is 5.88 Å². The molecule has 1 aliphatic heterocycles. The molecule has 1 saturated heterocycles. The highest BCUT2D eigenvalue weighted by Gasteiger charge is 2.34. The zero-order chi connectivity index (χ0) is 17.5. The third kappa shape index (κ3) is 3.08. The van der Waals surface area contributed by atoms with Gasteiger partial charge in [-0.3, -0.25) is 4.40 Å². The van der Waals surface area contributed by atoms with Crippen molar-refractivity contribution in [3.05, 3.63) is 23.7 Å². The first-order valence-corrected chi connectivity index (χ1v) is 8.20. The van der Waals surface area contributed by atoms with Crippen LogP contribution in [0.3, 0.4) is 0 Å². The van der Waals surface area contributed by atoms with Crippen LogP contribution in [0.25, 0.3) is 5.78 Å². The predicted molar refractivity (Wildman–Crippen MR) is 87.7 cm³/mol. The Morgan fingerprint density at radius 1 is 1.46 bits per heavy atom. The second kappa shape index (κ2) is 6.05. The first kappa shape index (κ1) is 16.7. The number of imidazole rings is 1. The molecule has 2 atom stereocenters. The number of hydrogen-bond donors (Lipinski definition) is 1. The summed E-state index contributed by atoms with van der Waals surface area (Å²) in [5.41, 5.74) is 0.696. The molecule has 0 saturated carbocycles. The van der Waals surface area contributed by atoms with Gasteiger partial charge < -0.3 is 14.6 Å². The van der Waals surface area contributed by atoms with Gasteiger partial charge in [0.25, 0.3) is 0 Å². The van der Waals surface area contributed by atoms with Gasteiger partial charge in [0.15, 0.2) is 0 Å². The van der Waals surface area contributed by atoms with Crippen molar-refractivity contribution in [2.45, 2.75) is 58.2 Å². The van der Waals surface area contributed by atoms with Gasteiger partial charge in [-0.2, -0.15) is 4.98 Å². The molecule has 0 amide bonds. The minimum absolute atomic E-state index is 0.0267. The van der Waals surface area contributed by atoms with E-state index in [0.29, 0.717) is 12.4 Å². The van der Waals surface area contributed by atoms with E-state index < -0.39 is 5.97 Å². The van der Waals surface area contributed by atoms with Crippen molar-refractivity contribution in [2.24, 2.45) is 0 Å². The van der Waals surface area contributed by atoms with Crippen molar-refractivity contribution >= 4 is 11.7 Å². The molecule has 130 valence electrons. The minimum Gasteiger partial charge on any atom is -0.477 e. The molecular formula is C17H23N3O4. The molecule has 1 fully saturated rings. The number of rotatable bonds is 4. The summed E-state index contributed by atoms with van der Waals surface area (Å²) >= 11 is 0. The molecule has 1 aliphatic rings. The van der Waals surface area contributed by atoms with Gasteiger partial charge in [0.1, 0.15) is 5.56 Å². The molecule has 3 heterocycles. The van der Waals surface area contributed by atoms with Crippen LogP contribution in [0.1, 0.15) is 56.6 Å². The lowest BCUT2D eigenvalue weighted by Crippen LogP contribution is -2.36. The van der Waals surface area contributed by atoms with Gasteiger partial charge in [0.05, 0.1) is 24.5 Å². The number of carboxylic acids is 1. The van der Waals surface area contributed by atoms with E-state index in [1.165, 1.54) is 6.20 Å². The quantitative estimate of drug-likeness (QED) is 0.926. The summed E-state index contributed by atoms with van der Waals surface area (Å²) in [7, 11) is 0. The number of hydrogen-bond acceptors (Lipinski definition) is 5. The van der Waals surface area contributed by atoms with E-state index in [2.05, 4.69) is 23.8 Å². The largest absolute Gasteiger partial charge is 0.477 e. The van der Waals surface area contributed by atoms with Crippen molar-refractivity contribution in [1.82, 2.24) is 14.4 Å². The van der Waals surface area contributed by atoms with Gasteiger partial charge in [0.2, 0.25) is 11.7 Å². The van der Waals surface area contributed by atoms with Crippen LogP contribution in [0, 0.1) is 0 Å². The molecule has 7 heteroatoms. The average Bonchev–Trinajstić information content (AvgIpc) is 2.92. The highest BCUT2D eigenvalue weighted by atomic mass is 16.5. The van der Waals surface area contributed by atoms with Crippen LogP contribution in [0.5, 0.6) is 5.88 Å². The zero-order valence-electron chi connectivity index (χ0n) is 14.4. The smallest absolute Gasteiger partial charge is 0.342 e. The summed E-state index contributed by atoms with van der Waals surface area (Å²) in [6, 6.07) is 0. The van der Waals surface area contributed by atoms with Crippen LogP contribution in [0.4, 0.5) is 0 Å². The van der Waals surface area contributed by atoms with E-state index in [4.69, 9.17) is 9.47 Å². The Bertz CT molecular complexity index is 761. The Morgan fingerprint density at radius 3 is 2.79 bits per heavy atom. The lowest BCUT2D eigenvalue weighted by atomic mass is 9.81. The van der Waals surface area contributed by atoms with Crippen LogP contribution >= 0.6 is 0 Å². The first-order chi connectivity index (χ1) is 11.3. The van der Waals surface area contributed by atoms with Gasteiger partial charge in [-0.05, 0) is 33.6 Å². The SMILES string of the molecule is CC(C)Oc1nc2nc([C@@]3(C)CCC(C)OC3)cn2cc1C(=O)O. The van der Waals surface area contributed by atoms with Crippen molar-refractivity contribution in [2.75, 3.05) is 6.61 Å². The Kier molecular flexibility index (Phi) is 4.21. The average molecular weight is 333 g/mol. The molecule has 0 aromatic carbocycles. The second-order valence-corrected chi connectivity index (χ2v) is 6.99. The van der Waals surface area contributed by atoms with E-state index >= 15 is 0 Å². The summed E-state index contributed by atoms with van der Waals surface area (Å²) < 4.78 is 13.0. The zero-order valence-corrected chi connectivity index (χ0v) is 14.4. The molecule has 1 unspecified atom stereocenters. The Labute approximate surface area is 140 Å². The topological polar surface area (TPSA) is 86.0 Å². The van der Waals surface area contributed by atoms with Crippen LogP contribution < -0.4 is 4.74 Å². The summed E-state index contributed by atoms with van der Waals surface area (Å²) in [5.74, 6) is -0.539. The maximum atomic E-state index is 11.5. The van der Waals surface area contributed by atoms with Gasteiger partial charge in [-0.15, -0.1) is 0 Å². The Balaban J connectivity index is 2.03. The van der Waals surface area contributed by atoms with E-state index in [1.54, 1.807) is 4.40 Å². The molecular weight excluding hydrogens is 310 g/mol. The maximum absolute atomic E-state index is 11.5. The lowest BCUT2D eigenvalue weighted by molar-refractivity contribution is -0.0162. The summed E-state index contributed by atoms with van der Waals surface area (Å²) in [6.45, 7) is 8.44. The van der Waals surface area contributed by atoms with Crippen molar-refractivity contribution < 1.29 is 19.4 Å². The maximum Gasteiger partial charge on any atom is 0.342 e. The van der Waals surface area contributed by atoms with Gasteiger partial charge in [0, 0.05) is 17.8 Å². The van der Waals surface area contributed by atoms with Gasteiger partial charge >= 0.3 is 5.97 Å². The van der Waals surface area contributed by atoms with Crippen LogP contribution in [0.15, 0.2) is 12.4 Å². The molecule has 0 bridgehead atoms. The third-order valence-electron chi connectivity index (χ3n) is 4.40. The molecule has 0 aliphatic carbocycles. The normalized spacial score (nSPS) is 24.5. The fourth-order valence-electron chi connectivity index (χ4n) is 2.86. The van der Waals surface area contributed by atoms with Gasteiger partial charge in [-0.1, -0.05) is 6.92 Å². The van der Waals surface area contributed by atoms with Crippen molar-refractivity contribution in [3.63, 3.8) is 0 Å². The Hall–Kier alpha value is -2.15. The number of nitrogens with zero attached hydrogens (tertiary/aromatic N) is 3. The second-order valence-electron chi connectivity index (χ2n) is 6.99. The molecule has 2 aromatic rings. The van der Waals surface area contributed by atoms with Crippen LogP contribution in [-0.4, -0.2) is 44.3 Å². The fourth-order valence-corrected chi connectivity index (χ4v) is 2.86. The molecule has 24 heavy (non-hydrogen) atoms. The number of fused-ring (bicyclic) bond motifs is 1. The number of aromatic carboxylic acids is 1. The minimum atomic E-state index is -1.07. The fraction of sp³-hybridized carbons (Fsp3) is 0.588. The molecule has 0 spiro atoms. The van der Waals surface area contributed by atoms with E-state index in [9.17, 15) is 9.90 Å². The Morgan fingerprint density at radius 2 is 2.21 bits per heavy atom. The van der Waals surface area contributed by atoms with Gasteiger partial charge in [-0.25, -0.2) is 9.78 Å². The molecule has 1 N–H and O–H groups in total. The number of aromatic nitrogens is 3. The van der Waals surface area contributed by atoms with E-state index in [-0.39, 0.29) is 29.1 Å². The summed E-state index contributed by atoms with van der Waals surface area (Å²) in [5, 5.41) is 9.40. The summed E-state index contributed by atoms with van der Waals surface area (Å²) in [4.78, 5) is 20.4. The third-order valence-corrected chi connectivity index (χ3v) is 4.40. The number of ether oxygens (including phenoxy) is 2. The number of carboxylic acid groups (broad SMARTS) is 1. The highest BCUT2D eigenvalue weighted by molar-refractivity contribution is 5.90. The van der Waals surface area contributed by atoms with Crippen molar-refractivity contribution in [1.29, 1.82) is 0 Å². The molecule has 7 nitrogen and oxygen atoms in total. The summed E-state index contributed by atoms with van der Waals surface area (Å²) in [6.07, 6.45) is 5.39. The predicted octanol–water partition coefficient (Wildman–Crippen LogP) is 2.67. The molecule has 2 aromatic heterocycles. The highest BCUT2D eigenvalue weighted by Crippen LogP contribution is 2.34. The monoisotopic (exact) mass is 333 g/mol. The van der Waals surface area contributed by atoms with E-state index in [0.717, 1.165) is 18.5 Å². The molecule has 0 radical (unpaired) electrons. The number of carbonyl (C=O) groups is 1. The van der Waals surface area contributed by atoms with E-state index in [1.807, 2.05) is 20.0 Å². The molecule has 3 rings (SSSR count).